The van der Waals surface area contributed by atoms with Gasteiger partial charge in [0.1, 0.15) is 40.5 Å². The van der Waals surface area contributed by atoms with Crippen LogP contribution in [0.2, 0.25) is 0 Å². The summed E-state index contributed by atoms with van der Waals surface area (Å²) in [7, 11) is 0. The van der Waals surface area contributed by atoms with Gasteiger partial charge in [-0.15, -0.1) is 0 Å². The van der Waals surface area contributed by atoms with Gasteiger partial charge in [-0.1, -0.05) is 18.2 Å². The third-order valence-corrected chi connectivity index (χ3v) is 5.30. The van der Waals surface area contributed by atoms with E-state index in [1.165, 1.54) is 0 Å². The predicted octanol–water partition coefficient (Wildman–Crippen LogP) is 4.08. The Morgan fingerprint density at radius 2 is 1.84 bits per heavy atom. The second kappa shape index (κ2) is 7.73. The molecule has 0 bridgehead atoms. The van der Waals surface area contributed by atoms with Crippen LogP contribution in [-0.2, 0) is 9.53 Å². The maximum Gasteiger partial charge on any atom is 0.332 e. The third kappa shape index (κ3) is 3.57. The van der Waals surface area contributed by atoms with Gasteiger partial charge < -0.3 is 20.3 Å². The van der Waals surface area contributed by atoms with Gasteiger partial charge in [-0.25, -0.2) is 14.8 Å². The average Bonchev–Trinajstić information content (AvgIpc) is 3.41. The van der Waals surface area contributed by atoms with Crippen molar-refractivity contribution >= 4 is 17.3 Å². The van der Waals surface area contributed by atoms with Crippen molar-refractivity contribution in [1.82, 2.24) is 14.4 Å². The van der Waals surface area contributed by atoms with Crippen LogP contribution in [0.5, 0.6) is 11.5 Å². The number of para-hydroxylation sites is 1. The lowest BCUT2D eigenvalue weighted by Gasteiger charge is -2.10. The van der Waals surface area contributed by atoms with Gasteiger partial charge in [0.2, 0.25) is 0 Å². The van der Waals surface area contributed by atoms with Crippen LogP contribution in [0.3, 0.4) is 0 Å². The highest BCUT2D eigenvalue weighted by Crippen LogP contribution is 2.37. The van der Waals surface area contributed by atoms with Crippen LogP contribution in [0.25, 0.3) is 16.8 Å². The number of nitrogens with zero attached hydrogens (tertiary/aromatic N) is 3. The highest BCUT2D eigenvalue weighted by Gasteiger charge is 2.34. The zero-order valence-electron chi connectivity index (χ0n) is 16.5. The number of anilines is 1. The Labute approximate surface area is 177 Å². The zero-order chi connectivity index (χ0) is 21.4. The highest BCUT2D eigenvalue weighted by molar-refractivity contribution is 5.85. The number of rotatable bonds is 5. The molecule has 31 heavy (non-hydrogen) atoms. The van der Waals surface area contributed by atoms with Gasteiger partial charge in [0.15, 0.2) is 6.10 Å². The normalized spacial score (nSPS) is 18.3. The smallest absolute Gasteiger partial charge is 0.332 e. The van der Waals surface area contributed by atoms with E-state index in [0.717, 1.165) is 11.3 Å². The molecule has 1 fully saturated rings. The Bertz CT molecular complexity index is 1240. The minimum atomic E-state index is -0.959. The Hall–Kier alpha value is -3.91. The fourth-order valence-corrected chi connectivity index (χ4v) is 3.83. The first-order valence-corrected chi connectivity index (χ1v) is 9.94. The van der Waals surface area contributed by atoms with Crippen molar-refractivity contribution in [3.8, 4) is 22.8 Å². The van der Waals surface area contributed by atoms with E-state index >= 15 is 0 Å². The standard InChI is InChI=1S/C23H20N4O4/c24-21-20-19(14-6-8-16(9-7-14)30-15-4-2-1-3-5-15)26-22(27(20)13-12-25-21)17-10-11-18(31-17)23(28)29/h1-9,12-13,17-18H,10-11H2,(H2,24,25)(H,28,29). The lowest BCUT2D eigenvalue weighted by atomic mass is 10.1. The van der Waals surface area contributed by atoms with Crippen LogP contribution in [-0.4, -0.2) is 31.5 Å². The van der Waals surface area contributed by atoms with Gasteiger partial charge in [0.05, 0.1) is 0 Å². The number of hydrogen-bond acceptors (Lipinski definition) is 6. The number of nitrogens with two attached hydrogens (primary N) is 1. The summed E-state index contributed by atoms with van der Waals surface area (Å²) in [4.78, 5) is 20.3. The summed E-state index contributed by atoms with van der Waals surface area (Å²) in [5, 5.41) is 9.26. The topological polar surface area (TPSA) is 112 Å². The average molecular weight is 416 g/mol. The van der Waals surface area contributed by atoms with Crippen LogP contribution in [0.1, 0.15) is 24.8 Å². The summed E-state index contributed by atoms with van der Waals surface area (Å²) in [6.45, 7) is 0. The Kier molecular flexibility index (Phi) is 4.76. The van der Waals surface area contributed by atoms with Crippen molar-refractivity contribution < 1.29 is 19.4 Å². The number of benzene rings is 2. The van der Waals surface area contributed by atoms with Crippen molar-refractivity contribution in [1.29, 1.82) is 0 Å². The Morgan fingerprint density at radius 1 is 1.10 bits per heavy atom. The number of ether oxygens (including phenoxy) is 2. The molecule has 0 saturated carbocycles. The van der Waals surface area contributed by atoms with Crippen LogP contribution < -0.4 is 10.5 Å². The molecule has 1 aliphatic rings. The number of imidazole rings is 1. The van der Waals surface area contributed by atoms with Gasteiger partial charge in [-0.3, -0.25) is 4.40 Å². The molecule has 0 amide bonds. The fourth-order valence-electron chi connectivity index (χ4n) is 3.83. The first kappa shape index (κ1) is 19.1. The SMILES string of the molecule is Nc1nccn2c(C3CCC(C(=O)O)O3)nc(-c3ccc(Oc4ccccc4)cc3)c12. The largest absolute Gasteiger partial charge is 0.479 e. The van der Waals surface area contributed by atoms with E-state index in [2.05, 4.69) is 4.98 Å². The second-order valence-electron chi connectivity index (χ2n) is 7.32. The number of nitrogen functional groups attached to an aromatic ring is 1. The molecule has 4 aromatic rings. The van der Waals surface area contributed by atoms with Crippen LogP contribution in [0.4, 0.5) is 5.82 Å². The molecule has 8 heteroatoms. The second-order valence-corrected chi connectivity index (χ2v) is 7.32. The Morgan fingerprint density at radius 3 is 2.55 bits per heavy atom. The number of carbonyl (C=O) groups is 1. The molecule has 8 nitrogen and oxygen atoms in total. The zero-order valence-corrected chi connectivity index (χ0v) is 16.5. The molecule has 3 heterocycles. The Balaban J connectivity index is 1.51. The van der Waals surface area contributed by atoms with Gasteiger partial charge in [0, 0.05) is 18.0 Å². The van der Waals surface area contributed by atoms with Crippen LogP contribution in [0, 0.1) is 0 Å². The van der Waals surface area contributed by atoms with Gasteiger partial charge in [-0.05, 0) is 49.2 Å². The maximum absolute atomic E-state index is 11.3. The third-order valence-electron chi connectivity index (χ3n) is 5.30. The van der Waals surface area contributed by atoms with Crippen LogP contribution in [0.15, 0.2) is 67.0 Å². The molecular weight excluding hydrogens is 396 g/mol. The van der Waals surface area contributed by atoms with Gasteiger partial charge in [0.25, 0.3) is 0 Å². The van der Waals surface area contributed by atoms with E-state index in [1.54, 1.807) is 12.4 Å². The van der Waals surface area contributed by atoms with Crippen molar-refractivity contribution in [2.45, 2.75) is 25.0 Å². The molecule has 3 N–H and O–H groups in total. The van der Waals surface area contributed by atoms with Crippen molar-refractivity contribution in [2.24, 2.45) is 0 Å². The number of aromatic nitrogens is 3. The lowest BCUT2D eigenvalue weighted by Crippen LogP contribution is -2.19. The first-order valence-electron chi connectivity index (χ1n) is 9.94. The number of carboxylic acids is 1. The van der Waals surface area contributed by atoms with Crippen molar-refractivity contribution in [3.05, 3.63) is 72.8 Å². The molecule has 2 aromatic heterocycles. The molecule has 0 aliphatic carbocycles. The van der Waals surface area contributed by atoms with Crippen molar-refractivity contribution in [3.63, 3.8) is 0 Å². The maximum atomic E-state index is 11.3. The summed E-state index contributed by atoms with van der Waals surface area (Å²) < 4.78 is 13.4. The molecule has 1 aliphatic heterocycles. The van der Waals surface area contributed by atoms with Crippen molar-refractivity contribution in [2.75, 3.05) is 5.73 Å². The summed E-state index contributed by atoms with van der Waals surface area (Å²) in [6, 6.07) is 17.1. The van der Waals surface area contributed by atoms with E-state index in [1.807, 2.05) is 59.0 Å². The molecule has 2 atom stereocenters. The molecule has 2 aromatic carbocycles. The molecule has 0 radical (unpaired) electrons. The summed E-state index contributed by atoms with van der Waals surface area (Å²) in [5.74, 6) is 1.46. The molecular formula is C23H20N4O4. The fraction of sp³-hybridized carbons (Fsp3) is 0.174. The number of carboxylic acid groups (broad SMARTS) is 1. The summed E-state index contributed by atoms with van der Waals surface area (Å²) in [6.07, 6.45) is 3.12. The van der Waals surface area contributed by atoms with Gasteiger partial charge >= 0.3 is 5.97 Å². The number of aliphatic carboxylic acids is 1. The summed E-state index contributed by atoms with van der Waals surface area (Å²) in [5.41, 5.74) is 8.35. The molecule has 0 spiro atoms. The molecule has 1 saturated heterocycles. The highest BCUT2D eigenvalue weighted by atomic mass is 16.5. The summed E-state index contributed by atoms with van der Waals surface area (Å²) >= 11 is 0. The molecule has 5 rings (SSSR count). The quantitative estimate of drug-likeness (QED) is 0.504. The predicted molar refractivity (Wildman–Crippen MR) is 114 cm³/mol. The minimum Gasteiger partial charge on any atom is -0.479 e. The van der Waals surface area contributed by atoms with E-state index in [4.69, 9.17) is 20.2 Å². The van der Waals surface area contributed by atoms with Crippen LogP contribution >= 0.6 is 0 Å². The lowest BCUT2D eigenvalue weighted by molar-refractivity contribution is -0.149. The molecule has 2 unspecified atom stereocenters. The molecule has 156 valence electrons. The monoisotopic (exact) mass is 416 g/mol. The van der Waals surface area contributed by atoms with E-state index in [9.17, 15) is 9.90 Å². The van der Waals surface area contributed by atoms with E-state index in [-0.39, 0.29) is 0 Å². The number of hydrogen-bond donors (Lipinski definition) is 2. The number of fused-ring (bicyclic) bond motifs is 1. The van der Waals surface area contributed by atoms with E-state index < -0.39 is 18.2 Å². The minimum absolute atomic E-state index is 0.341. The van der Waals surface area contributed by atoms with E-state index in [0.29, 0.717) is 41.4 Å². The first-order chi connectivity index (χ1) is 15.1. The van der Waals surface area contributed by atoms with Gasteiger partial charge in [-0.2, -0.15) is 0 Å².